The molecule has 0 bridgehead atoms. The lowest BCUT2D eigenvalue weighted by Gasteiger charge is -2.36. The second-order valence-electron chi connectivity index (χ2n) is 10.1. The summed E-state index contributed by atoms with van der Waals surface area (Å²) in [6.45, 7) is 10.1. The minimum Gasteiger partial charge on any atom is -0.469 e. The van der Waals surface area contributed by atoms with Crippen molar-refractivity contribution in [3.63, 3.8) is 0 Å². The van der Waals surface area contributed by atoms with Gasteiger partial charge in [0.15, 0.2) is 0 Å². The third-order valence-corrected chi connectivity index (χ3v) is 7.27. The Morgan fingerprint density at radius 1 is 1.03 bits per heavy atom. The highest BCUT2D eigenvalue weighted by Gasteiger charge is 2.34. The minimum absolute atomic E-state index is 0.0518. The van der Waals surface area contributed by atoms with Crippen LogP contribution in [0.5, 0.6) is 11.9 Å². The van der Waals surface area contributed by atoms with Crippen LogP contribution in [0.1, 0.15) is 43.9 Å². The fourth-order valence-corrected chi connectivity index (χ4v) is 5.35. The molecule has 8 heteroatoms. The van der Waals surface area contributed by atoms with Gasteiger partial charge in [-0.2, -0.15) is 15.2 Å². The van der Waals surface area contributed by atoms with Crippen molar-refractivity contribution in [3.05, 3.63) is 53.6 Å². The number of aromatic nitrogens is 2. The van der Waals surface area contributed by atoms with Gasteiger partial charge in [0.2, 0.25) is 5.88 Å². The van der Waals surface area contributed by atoms with Crippen molar-refractivity contribution in [1.29, 1.82) is 5.26 Å². The molecule has 0 radical (unpaired) electrons. The van der Waals surface area contributed by atoms with Gasteiger partial charge >= 0.3 is 6.01 Å². The van der Waals surface area contributed by atoms with Gasteiger partial charge in [-0.1, -0.05) is 49.4 Å². The zero-order valence-electron chi connectivity index (χ0n) is 23.1. The molecule has 2 atom stereocenters. The van der Waals surface area contributed by atoms with E-state index in [1.54, 1.807) is 13.2 Å². The standard InChI is InChI=1S/C23H26N4O2.C5H11N.C2H3N/c1-15-14-19-21(27-12-10-24-11-13-27)25-23(28-2)26-22(19)29-20(15)18-9-5-7-16-6-3-4-8-17(16)18;1-6-4-2-3-5-6;1-2-3/h3-9,15,20,24H,10-14H2,1-2H3;2-5H2,1H3;1H3. The second kappa shape index (κ2) is 13.4. The fourth-order valence-electron chi connectivity index (χ4n) is 5.35. The highest BCUT2D eigenvalue weighted by Crippen LogP contribution is 2.43. The van der Waals surface area contributed by atoms with Crippen LogP contribution in [-0.4, -0.2) is 68.3 Å². The largest absolute Gasteiger partial charge is 0.469 e. The molecule has 1 N–H and O–H groups in total. The van der Waals surface area contributed by atoms with Crippen molar-refractivity contribution in [2.24, 2.45) is 5.92 Å². The topological polar surface area (TPSA) is 86.5 Å². The zero-order chi connectivity index (χ0) is 26.9. The van der Waals surface area contributed by atoms with E-state index >= 15 is 0 Å². The Labute approximate surface area is 226 Å². The first-order valence-corrected chi connectivity index (χ1v) is 13.6. The number of piperazine rings is 1. The van der Waals surface area contributed by atoms with Crippen LogP contribution in [0.15, 0.2) is 42.5 Å². The number of nitriles is 1. The van der Waals surface area contributed by atoms with E-state index in [1.165, 1.54) is 49.2 Å². The van der Waals surface area contributed by atoms with Crippen LogP contribution in [0.2, 0.25) is 0 Å². The average molecular weight is 517 g/mol. The molecule has 1 aromatic heterocycles. The number of methoxy groups -OCH3 is 1. The number of hydrogen-bond acceptors (Lipinski definition) is 8. The van der Waals surface area contributed by atoms with E-state index in [4.69, 9.17) is 19.7 Å². The first kappa shape index (κ1) is 27.6. The van der Waals surface area contributed by atoms with Gasteiger partial charge in [-0.25, -0.2) is 0 Å². The first-order valence-electron chi connectivity index (χ1n) is 13.6. The molecule has 202 valence electrons. The Kier molecular flexibility index (Phi) is 9.74. The Bertz CT molecular complexity index is 1230. The number of nitrogens with one attached hydrogen (secondary N) is 1. The molecule has 3 aromatic rings. The molecule has 3 aliphatic heterocycles. The molecular weight excluding hydrogens is 476 g/mol. The summed E-state index contributed by atoms with van der Waals surface area (Å²) < 4.78 is 11.9. The van der Waals surface area contributed by atoms with Crippen LogP contribution in [0.4, 0.5) is 5.82 Å². The van der Waals surface area contributed by atoms with Gasteiger partial charge in [0.1, 0.15) is 11.9 Å². The molecule has 38 heavy (non-hydrogen) atoms. The van der Waals surface area contributed by atoms with Crippen LogP contribution < -0.4 is 19.7 Å². The molecule has 6 rings (SSSR count). The van der Waals surface area contributed by atoms with Gasteiger partial charge in [-0.05, 0) is 50.2 Å². The number of anilines is 1. The summed E-state index contributed by atoms with van der Waals surface area (Å²) in [7, 11) is 3.78. The van der Waals surface area contributed by atoms with E-state index in [1.807, 2.05) is 0 Å². The summed E-state index contributed by atoms with van der Waals surface area (Å²) in [6.07, 6.45) is 3.66. The van der Waals surface area contributed by atoms with E-state index in [0.29, 0.717) is 17.8 Å². The van der Waals surface area contributed by atoms with Crippen molar-refractivity contribution in [2.75, 3.05) is 58.3 Å². The predicted octanol–water partition coefficient (Wildman–Crippen LogP) is 4.60. The predicted molar refractivity (Wildman–Crippen MR) is 152 cm³/mol. The van der Waals surface area contributed by atoms with E-state index in [0.717, 1.165) is 44.0 Å². The highest BCUT2D eigenvalue weighted by molar-refractivity contribution is 5.86. The van der Waals surface area contributed by atoms with Gasteiger partial charge in [-0.3, -0.25) is 0 Å². The van der Waals surface area contributed by atoms with E-state index in [2.05, 4.69) is 76.5 Å². The third-order valence-electron chi connectivity index (χ3n) is 7.27. The lowest BCUT2D eigenvalue weighted by molar-refractivity contribution is 0.116. The van der Waals surface area contributed by atoms with Gasteiger partial charge in [-0.15, -0.1) is 0 Å². The van der Waals surface area contributed by atoms with Crippen LogP contribution in [0.3, 0.4) is 0 Å². The summed E-state index contributed by atoms with van der Waals surface area (Å²) >= 11 is 0. The molecule has 2 saturated heterocycles. The van der Waals surface area contributed by atoms with Crippen LogP contribution in [0, 0.1) is 17.2 Å². The van der Waals surface area contributed by atoms with Crippen molar-refractivity contribution >= 4 is 16.6 Å². The molecule has 0 aliphatic carbocycles. The fraction of sp³-hybridized carbons (Fsp3) is 0.500. The van der Waals surface area contributed by atoms with Gasteiger partial charge in [0.25, 0.3) is 0 Å². The maximum atomic E-state index is 7.32. The molecule has 0 amide bonds. The summed E-state index contributed by atoms with van der Waals surface area (Å²) in [5.41, 5.74) is 2.30. The molecule has 0 saturated carbocycles. The lowest BCUT2D eigenvalue weighted by Crippen LogP contribution is -2.44. The number of fused-ring (bicyclic) bond motifs is 2. The molecule has 4 heterocycles. The average Bonchev–Trinajstić information content (AvgIpc) is 3.44. The third kappa shape index (κ3) is 6.53. The number of hydrogen-bond donors (Lipinski definition) is 1. The molecule has 0 spiro atoms. The quantitative estimate of drug-likeness (QED) is 0.541. The molecule has 3 aliphatic rings. The summed E-state index contributed by atoms with van der Waals surface area (Å²) in [5, 5.41) is 13.2. The monoisotopic (exact) mass is 516 g/mol. The molecular formula is C30H40N6O2. The van der Waals surface area contributed by atoms with Crippen LogP contribution >= 0.6 is 0 Å². The maximum absolute atomic E-state index is 7.32. The zero-order valence-corrected chi connectivity index (χ0v) is 23.1. The summed E-state index contributed by atoms with van der Waals surface area (Å²) in [6, 6.07) is 17.0. The van der Waals surface area contributed by atoms with E-state index in [-0.39, 0.29) is 6.10 Å². The smallest absolute Gasteiger partial charge is 0.321 e. The number of ether oxygens (including phenoxy) is 2. The highest BCUT2D eigenvalue weighted by atomic mass is 16.5. The Hall–Kier alpha value is -3.41. The van der Waals surface area contributed by atoms with Gasteiger partial charge in [0.05, 0.1) is 18.7 Å². The Morgan fingerprint density at radius 2 is 1.71 bits per heavy atom. The Balaban J connectivity index is 0.000000321. The number of rotatable bonds is 3. The molecule has 2 aromatic carbocycles. The minimum atomic E-state index is -0.0518. The van der Waals surface area contributed by atoms with Crippen molar-refractivity contribution in [2.45, 2.75) is 39.2 Å². The number of likely N-dealkylation sites (tertiary alicyclic amines) is 1. The number of benzene rings is 2. The lowest BCUT2D eigenvalue weighted by atomic mass is 9.87. The van der Waals surface area contributed by atoms with E-state index < -0.39 is 0 Å². The van der Waals surface area contributed by atoms with Crippen LogP contribution in [0.25, 0.3) is 10.8 Å². The van der Waals surface area contributed by atoms with Crippen LogP contribution in [-0.2, 0) is 6.42 Å². The number of nitrogens with zero attached hydrogens (tertiary/aromatic N) is 5. The Morgan fingerprint density at radius 3 is 2.37 bits per heavy atom. The normalized spacial score (nSPS) is 20.7. The van der Waals surface area contributed by atoms with E-state index in [9.17, 15) is 0 Å². The van der Waals surface area contributed by atoms with Gasteiger partial charge in [0, 0.05) is 44.6 Å². The molecule has 8 nitrogen and oxygen atoms in total. The molecule has 2 unspecified atom stereocenters. The van der Waals surface area contributed by atoms with Crippen molar-refractivity contribution in [1.82, 2.24) is 20.2 Å². The van der Waals surface area contributed by atoms with Gasteiger partial charge < -0.3 is 24.6 Å². The summed E-state index contributed by atoms with van der Waals surface area (Å²) in [5.74, 6) is 1.92. The summed E-state index contributed by atoms with van der Waals surface area (Å²) in [4.78, 5) is 13.9. The van der Waals surface area contributed by atoms with Crippen molar-refractivity contribution in [3.8, 4) is 18.0 Å². The first-order chi connectivity index (χ1) is 18.5. The SMILES string of the molecule is CC#N.CN1CCCC1.COc1nc2c(c(N3CCNCC3)n1)CC(C)C(c1cccc3ccccc13)O2. The maximum Gasteiger partial charge on any atom is 0.321 e. The second-order valence-corrected chi connectivity index (χ2v) is 10.1. The molecule has 2 fully saturated rings. The van der Waals surface area contributed by atoms with Crippen molar-refractivity contribution < 1.29 is 9.47 Å².